The minimum Gasteiger partial charge on any atom is -0.469 e. The van der Waals surface area contributed by atoms with E-state index in [0.29, 0.717) is 5.92 Å². The van der Waals surface area contributed by atoms with Crippen LogP contribution < -0.4 is 0 Å². The SMILES string of the molecule is COC(=O)CCN(C)S(=O)(=O)N(C)C1CCC(C)CC1. The van der Waals surface area contributed by atoms with Crippen LogP contribution in [-0.4, -0.2) is 56.8 Å². The number of nitrogens with zero attached hydrogens (tertiary/aromatic N) is 2. The Hall–Kier alpha value is -0.660. The Bertz CT molecular complexity index is 416. The molecular formula is C13H26N2O4S. The topological polar surface area (TPSA) is 66.9 Å². The minimum absolute atomic E-state index is 0.0665. The van der Waals surface area contributed by atoms with E-state index in [1.807, 2.05) is 0 Å². The Kier molecular flexibility index (Phi) is 6.42. The molecule has 0 heterocycles. The molecule has 0 amide bonds. The van der Waals surface area contributed by atoms with Gasteiger partial charge in [-0.2, -0.15) is 17.0 Å². The average molecular weight is 306 g/mol. The van der Waals surface area contributed by atoms with Gasteiger partial charge < -0.3 is 4.74 Å². The monoisotopic (exact) mass is 306 g/mol. The first kappa shape index (κ1) is 17.4. The van der Waals surface area contributed by atoms with E-state index in [1.165, 1.54) is 22.8 Å². The van der Waals surface area contributed by atoms with Crippen molar-refractivity contribution < 1.29 is 17.9 Å². The van der Waals surface area contributed by atoms with Gasteiger partial charge in [-0.25, -0.2) is 0 Å². The van der Waals surface area contributed by atoms with E-state index >= 15 is 0 Å². The van der Waals surface area contributed by atoms with Gasteiger partial charge in [0, 0.05) is 26.7 Å². The normalized spacial score (nSPS) is 24.1. The molecule has 0 aromatic carbocycles. The summed E-state index contributed by atoms with van der Waals surface area (Å²) >= 11 is 0. The summed E-state index contributed by atoms with van der Waals surface area (Å²) in [7, 11) is 0.926. The van der Waals surface area contributed by atoms with Gasteiger partial charge in [-0.3, -0.25) is 4.79 Å². The summed E-state index contributed by atoms with van der Waals surface area (Å²) < 4.78 is 32.0. The van der Waals surface area contributed by atoms with Crippen molar-refractivity contribution in [1.82, 2.24) is 8.61 Å². The first-order valence-electron chi connectivity index (χ1n) is 7.05. The van der Waals surface area contributed by atoms with Gasteiger partial charge in [0.05, 0.1) is 13.5 Å². The zero-order valence-electron chi connectivity index (χ0n) is 12.8. The fraction of sp³-hybridized carbons (Fsp3) is 0.923. The number of ether oxygens (including phenoxy) is 1. The van der Waals surface area contributed by atoms with E-state index in [4.69, 9.17) is 0 Å². The van der Waals surface area contributed by atoms with Crippen LogP contribution in [0, 0.1) is 5.92 Å². The van der Waals surface area contributed by atoms with Gasteiger partial charge in [0.1, 0.15) is 0 Å². The van der Waals surface area contributed by atoms with Gasteiger partial charge in [0.2, 0.25) is 0 Å². The number of rotatable bonds is 6. The molecule has 1 fully saturated rings. The molecule has 20 heavy (non-hydrogen) atoms. The number of esters is 1. The van der Waals surface area contributed by atoms with Gasteiger partial charge in [-0.05, 0) is 31.6 Å². The first-order valence-corrected chi connectivity index (χ1v) is 8.44. The van der Waals surface area contributed by atoms with Crippen molar-refractivity contribution in [3.05, 3.63) is 0 Å². The number of methoxy groups -OCH3 is 1. The van der Waals surface area contributed by atoms with E-state index in [1.54, 1.807) is 7.05 Å². The van der Waals surface area contributed by atoms with Crippen molar-refractivity contribution in [2.45, 2.75) is 45.1 Å². The molecule has 1 aliphatic carbocycles. The maximum absolute atomic E-state index is 12.4. The van der Waals surface area contributed by atoms with Gasteiger partial charge in [0.25, 0.3) is 10.2 Å². The van der Waals surface area contributed by atoms with E-state index in [0.717, 1.165) is 25.7 Å². The molecule has 0 bridgehead atoms. The lowest BCUT2D eigenvalue weighted by Gasteiger charge is -2.34. The predicted octanol–water partition coefficient (Wildman–Crippen LogP) is 1.24. The summed E-state index contributed by atoms with van der Waals surface area (Å²) in [4.78, 5) is 11.1. The second-order valence-electron chi connectivity index (χ2n) is 5.59. The number of hydrogen-bond acceptors (Lipinski definition) is 4. The lowest BCUT2D eigenvalue weighted by atomic mass is 9.87. The third-order valence-corrected chi connectivity index (χ3v) is 6.11. The number of hydrogen-bond donors (Lipinski definition) is 0. The summed E-state index contributed by atoms with van der Waals surface area (Å²) in [6.45, 7) is 2.34. The highest BCUT2D eigenvalue weighted by molar-refractivity contribution is 7.86. The maximum atomic E-state index is 12.4. The van der Waals surface area contributed by atoms with Crippen LogP contribution in [0.1, 0.15) is 39.0 Å². The molecule has 0 radical (unpaired) electrons. The molecule has 0 N–H and O–H groups in total. The molecule has 6 nitrogen and oxygen atoms in total. The van der Waals surface area contributed by atoms with Gasteiger partial charge >= 0.3 is 5.97 Å². The van der Waals surface area contributed by atoms with Crippen LogP contribution >= 0.6 is 0 Å². The molecule has 0 aromatic heterocycles. The maximum Gasteiger partial charge on any atom is 0.306 e. The highest BCUT2D eigenvalue weighted by Crippen LogP contribution is 2.28. The van der Waals surface area contributed by atoms with E-state index in [-0.39, 0.29) is 19.0 Å². The average Bonchev–Trinajstić information content (AvgIpc) is 2.44. The molecular weight excluding hydrogens is 280 g/mol. The number of carbonyl (C=O) groups excluding carboxylic acids is 1. The van der Waals surface area contributed by atoms with Crippen molar-refractivity contribution in [3.8, 4) is 0 Å². The second kappa shape index (κ2) is 7.38. The highest BCUT2D eigenvalue weighted by atomic mass is 32.2. The quantitative estimate of drug-likeness (QED) is 0.692. The Morgan fingerprint density at radius 3 is 2.25 bits per heavy atom. The van der Waals surface area contributed by atoms with Crippen molar-refractivity contribution in [3.63, 3.8) is 0 Å². The van der Waals surface area contributed by atoms with Crippen molar-refractivity contribution >= 4 is 16.2 Å². The van der Waals surface area contributed by atoms with Crippen molar-refractivity contribution in [2.75, 3.05) is 27.7 Å². The molecule has 0 spiro atoms. The Balaban J connectivity index is 2.59. The second-order valence-corrected chi connectivity index (χ2v) is 7.68. The molecule has 0 unspecified atom stereocenters. The Morgan fingerprint density at radius 1 is 1.20 bits per heavy atom. The molecule has 7 heteroatoms. The molecule has 0 aromatic rings. The fourth-order valence-electron chi connectivity index (χ4n) is 2.48. The Morgan fingerprint density at radius 2 is 1.75 bits per heavy atom. The highest BCUT2D eigenvalue weighted by Gasteiger charge is 2.32. The Labute approximate surface area is 122 Å². The molecule has 1 saturated carbocycles. The molecule has 118 valence electrons. The molecule has 0 atom stereocenters. The summed E-state index contributed by atoms with van der Waals surface area (Å²) in [5.74, 6) is 0.278. The van der Waals surface area contributed by atoms with E-state index in [2.05, 4.69) is 11.7 Å². The number of carbonyl (C=O) groups is 1. The van der Waals surface area contributed by atoms with Crippen LogP contribution in [0.25, 0.3) is 0 Å². The zero-order valence-corrected chi connectivity index (χ0v) is 13.6. The molecule has 0 aliphatic heterocycles. The fourth-order valence-corrected chi connectivity index (χ4v) is 3.83. The minimum atomic E-state index is -3.50. The lowest BCUT2D eigenvalue weighted by Crippen LogP contribution is -2.46. The van der Waals surface area contributed by atoms with Crippen LogP contribution in [0.4, 0.5) is 0 Å². The summed E-state index contributed by atoms with van der Waals surface area (Å²) in [6.07, 6.45) is 4.01. The first-order chi connectivity index (χ1) is 9.28. The standard InChI is InChI=1S/C13H26N2O4S/c1-11-5-7-12(8-6-11)15(3)20(17,18)14(2)10-9-13(16)19-4/h11-12H,5-10H2,1-4H3. The van der Waals surface area contributed by atoms with E-state index < -0.39 is 16.2 Å². The van der Waals surface area contributed by atoms with Crippen LogP contribution in [0.15, 0.2) is 0 Å². The third kappa shape index (κ3) is 4.43. The molecule has 0 saturated heterocycles. The van der Waals surface area contributed by atoms with Crippen molar-refractivity contribution in [1.29, 1.82) is 0 Å². The van der Waals surface area contributed by atoms with Crippen LogP contribution in [0.5, 0.6) is 0 Å². The molecule has 1 aliphatic rings. The third-order valence-electron chi connectivity index (χ3n) is 4.12. The van der Waals surface area contributed by atoms with Gasteiger partial charge in [-0.1, -0.05) is 6.92 Å². The largest absolute Gasteiger partial charge is 0.469 e. The van der Waals surface area contributed by atoms with Crippen LogP contribution in [0.3, 0.4) is 0 Å². The van der Waals surface area contributed by atoms with Gasteiger partial charge in [-0.15, -0.1) is 0 Å². The summed E-state index contributed by atoms with van der Waals surface area (Å²) in [5, 5.41) is 0. The molecule has 1 rings (SSSR count). The van der Waals surface area contributed by atoms with Gasteiger partial charge in [0.15, 0.2) is 0 Å². The smallest absolute Gasteiger partial charge is 0.306 e. The van der Waals surface area contributed by atoms with Crippen LogP contribution in [0.2, 0.25) is 0 Å². The lowest BCUT2D eigenvalue weighted by molar-refractivity contribution is -0.140. The summed E-state index contributed by atoms with van der Waals surface area (Å²) in [6, 6.07) is 0.0665. The van der Waals surface area contributed by atoms with E-state index in [9.17, 15) is 13.2 Å². The van der Waals surface area contributed by atoms with Crippen molar-refractivity contribution in [2.24, 2.45) is 5.92 Å². The predicted molar refractivity (Wildman–Crippen MR) is 77.4 cm³/mol. The van der Waals surface area contributed by atoms with Crippen LogP contribution in [-0.2, 0) is 19.7 Å². The summed E-state index contributed by atoms with van der Waals surface area (Å²) in [5.41, 5.74) is 0. The zero-order chi connectivity index (χ0) is 15.3.